The third kappa shape index (κ3) is 2.60. The maximum atomic E-state index is 12.7. The number of hydrogen-bond donors (Lipinski definition) is 1. The minimum atomic E-state index is -0.656. The van der Waals surface area contributed by atoms with Gasteiger partial charge in [-0.25, -0.2) is 0 Å². The first kappa shape index (κ1) is 14.3. The van der Waals surface area contributed by atoms with Crippen LogP contribution in [0.4, 0.5) is 0 Å². The molecule has 112 valence electrons. The molecule has 1 aromatic carbocycles. The second-order valence-electron chi connectivity index (χ2n) is 6.55. The Kier molecular flexibility index (Phi) is 3.57. The van der Waals surface area contributed by atoms with Crippen molar-refractivity contribution in [3.63, 3.8) is 0 Å². The molecule has 1 saturated carbocycles. The number of benzene rings is 1. The largest absolute Gasteiger partial charge is 0.319 e. The van der Waals surface area contributed by atoms with Gasteiger partial charge in [0, 0.05) is 12.4 Å². The van der Waals surface area contributed by atoms with Crippen LogP contribution in [0.3, 0.4) is 0 Å². The SMILES string of the molecule is CC1CCCC(N)(C(=O)Cc2nn(C)c3ccccc23)C1. The monoisotopic (exact) mass is 285 g/mol. The topological polar surface area (TPSA) is 60.9 Å². The molecule has 0 bridgehead atoms. The zero-order valence-corrected chi connectivity index (χ0v) is 12.8. The number of hydrogen-bond acceptors (Lipinski definition) is 3. The van der Waals surface area contributed by atoms with Crippen LogP contribution < -0.4 is 5.73 Å². The van der Waals surface area contributed by atoms with Gasteiger partial charge in [-0.05, 0) is 24.8 Å². The lowest BCUT2D eigenvalue weighted by Gasteiger charge is -2.35. The summed E-state index contributed by atoms with van der Waals surface area (Å²) in [4.78, 5) is 12.7. The van der Waals surface area contributed by atoms with E-state index in [0.717, 1.165) is 35.9 Å². The summed E-state index contributed by atoms with van der Waals surface area (Å²) in [7, 11) is 1.91. The van der Waals surface area contributed by atoms with Crippen molar-refractivity contribution < 1.29 is 4.79 Å². The van der Waals surface area contributed by atoms with E-state index in [4.69, 9.17) is 5.73 Å². The lowest BCUT2D eigenvalue weighted by Crippen LogP contribution is -2.51. The summed E-state index contributed by atoms with van der Waals surface area (Å²) in [5.41, 5.74) is 7.66. The lowest BCUT2D eigenvalue weighted by atomic mass is 9.73. The Hall–Kier alpha value is -1.68. The zero-order chi connectivity index (χ0) is 15.0. The molecule has 3 rings (SSSR count). The minimum Gasteiger partial charge on any atom is -0.319 e. The molecule has 1 fully saturated rings. The number of nitrogens with zero attached hydrogens (tertiary/aromatic N) is 2. The highest BCUT2D eigenvalue weighted by atomic mass is 16.1. The van der Waals surface area contributed by atoms with E-state index < -0.39 is 5.54 Å². The van der Waals surface area contributed by atoms with Gasteiger partial charge in [0.2, 0.25) is 0 Å². The average molecular weight is 285 g/mol. The summed E-state index contributed by atoms with van der Waals surface area (Å²) in [6.45, 7) is 2.18. The van der Waals surface area contributed by atoms with Gasteiger partial charge in [-0.3, -0.25) is 9.48 Å². The summed E-state index contributed by atoms with van der Waals surface area (Å²) in [6, 6.07) is 8.02. The van der Waals surface area contributed by atoms with Crippen molar-refractivity contribution >= 4 is 16.7 Å². The van der Waals surface area contributed by atoms with Gasteiger partial charge in [-0.1, -0.05) is 38.0 Å². The lowest BCUT2D eigenvalue weighted by molar-refractivity contribution is -0.125. The summed E-state index contributed by atoms with van der Waals surface area (Å²) in [6.07, 6.45) is 4.17. The molecular weight excluding hydrogens is 262 g/mol. The fraction of sp³-hybridized carbons (Fsp3) is 0.529. The summed E-state index contributed by atoms with van der Waals surface area (Å²) in [5, 5.41) is 5.57. The molecule has 2 unspecified atom stereocenters. The Morgan fingerprint density at radius 2 is 2.24 bits per heavy atom. The summed E-state index contributed by atoms with van der Waals surface area (Å²) >= 11 is 0. The van der Waals surface area contributed by atoms with Crippen LogP contribution in [0.1, 0.15) is 38.3 Å². The maximum Gasteiger partial charge on any atom is 0.158 e. The number of aryl methyl sites for hydroxylation is 1. The fourth-order valence-corrected chi connectivity index (χ4v) is 3.59. The van der Waals surface area contributed by atoms with E-state index in [9.17, 15) is 4.79 Å². The van der Waals surface area contributed by atoms with Gasteiger partial charge in [-0.15, -0.1) is 0 Å². The maximum absolute atomic E-state index is 12.7. The quantitative estimate of drug-likeness (QED) is 0.943. The molecule has 1 heterocycles. The van der Waals surface area contributed by atoms with E-state index >= 15 is 0 Å². The molecule has 1 aromatic heterocycles. The standard InChI is InChI=1S/C17H23N3O/c1-12-6-5-9-17(18,11-12)16(21)10-14-13-7-3-4-8-15(13)20(2)19-14/h3-4,7-8,12H,5-6,9-11,18H2,1-2H3. The van der Waals surface area contributed by atoms with Gasteiger partial charge in [0.05, 0.1) is 23.2 Å². The number of fused-ring (bicyclic) bond motifs is 1. The summed E-state index contributed by atoms with van der Waals surface area (Å²) in [5.74, 6) is 0.672. The Morgan fingerprint density at radius 3 is 3.00 bits per heavy atom. The van der Waals surface area contributed by atoms with Gasteiger partial charge in [0.15, 0.2) is 5.78 Å². The first-order chi connectivity index (χ1) is 9.99. The highest BCUT2D eigenvalue weighted by Gasteiger charge is 2.37. The zero-order valence-electron chi connectivity index (χ0n) is 12.8. The number of aromatic nitrogens is 2. The molecule has 1 aliphatic carbocycles. The first-order valence-corrected chi connectivity index (χ1v) is 7.72. The Balaban J connectivity index is 1.86. The van der Waals surface area contributed by atoms with E-state index in [1.165, 1.54) is 6.42 Å². The van der Waals surface area contributed by atoms with Crippen molar-refractivity contribution in [3.05, 3.63) is 30.0 Å². The average Bonchev–Trinajstić information content (AvgIpc) is 2.76. The molecule has 4 nitrogen and oxygen atoms in total. The molecule has 1 aliphatic rings. The first-order valence-electron chi connectivity index (χ1n) is 7.72. The van der Waals surface area contributed by atoms with Crippen molar-refractivity contribution in [2.75, 3.05) is 0 Å². The number of nitrogens with two attached hydrogens (primary N) is 1. The number of ketones is 1. The molecule has 2 aromatic rings. The van der Waals surface area contributed by atoms with Crippen LogP contribution in [0, 0.1) is 5.92 Å². The molecule has 4 heteroatoms. The Labute approximate surface area is 125 Å². The van der Waals surface area contributed by atoms with Crippen molar-refractivity contribution in [1.29, 1.82) is 0 Å². The minimum absolute atomic E-state index is 0.137. The van der Waals surface area contributed by atoms with Crippen LogP contribution in [-0.4, -0.2) is 21.1 Å². The van der Waals surface area contributed by atoms with Crippen LogP contribution in [0.25, 0.3) is 10.9 Å². The third-order valence-electron chi connectivity index (χ3n) is 4.75. The van der Waals surface area contributed by atoms with Crippen LogP contribution in [-0.2, 0) is 18.3 Å². The normalized spacial score (nSPS) is 26.1. The molecule has 0 aliphatic heterocycles. The second kappa shape index (κ2) is 5.26. The Morgan fingerprint density at radius 1 is 1.48 bits per heavy atom. The van der Waals surface area contributed by atoms with E-state index in [1.54, 1.807) is 0 Å². The van der Waals surface area contributed by atoms with Gasteiger partial charge < -0.3 is 5.73 Å². The van der Waals surface area contributed by atoms with Gasteiger partial charge >= 0.3 is 0 Å². The predicted octanol–water partition coefficient (Wildman–Crippen LogP) is 2.59. The highest BCUT2D eigenvalue weighted by molar-refractivity contribution is 5.93. The van der Waals surface area contributed by atoms with E-state index in [2.05, 4.69) is 12.0 Å². The van der Waals surface area contributed by atoms with E-state index in [0.29, 0.717) is 12.3 Å². The number of rotatable bonds is 3. The van der Waals surface area contributed by atoms with Crippen molar-refractivity contribution in [3.8, 4) is 0 Å². The van der Waals surface area contributed by atoms with Crippen molar-refractivity contribution in [2.24, 2.45) is 18.7 Å². The van der Waals surface area contributed by atoms with Crippen molar-refractivity contribution in [2.45, 2.75) is 44.6 Å². The highest BCUT2D eigenvalue weighted by Crippen LogP contribution is 2.32. The van der Waals surface area contributed by atoms with Crippen LogP contribution in [0.2, 0.25) is 0 Å². The van der Waals surface area contributed by atoms with Gasteiger partial charge in [-0.2, -0.15) is 5.10 Å². The smallest absolute Gasteiger partial charge is 0.158 e. The van der Waals surface area contributed by atoms with Crippen molar-refractivity contribution in [1.82, 2.24) is 9.78 Å². The number of Topliss-reactive ketones (excluding diaryl/α,β-unsaturated/α-hetero) is 1. The van der Waals surface area contributed by atoms with E-state index in [-0.39, 0.29) is 5.78 Å². The molecule has 0 radical (unpaired) electrons. The molecule has 0 saturated heterocycles. The number of carbonyl (C=O) groups excluding carboxylic acids is 1. The van der Waals surface area contributed by atoms with E-state index in [1.807, 2.05) is 36.0 Å². The second-order valence-corrected chi connectivity index (χ2v) is 6.55. The third-order valence-corrected chi connectivity index (χ3v) is 4.75. The number of para-hydroxylation sites is 1. The molecule has 0 amide bonds. The predicted molar refractivity (Wildman–Crippen MR) is 84.0 cm³/mol. The van der Waals surface area contributed by atoms with Crippen LogP contribution in [0.15, 0.2) is 24.3 Å². The van der Waals surface area contributed by atoms with Gasteiger partial charge in [0.1, 0.15) is 0 Å². The molecule has 0 spiro atoms. The number of carbonyl (C=O) groups is 1. The van der Waals surface area contributed by atoms with Crippen LogP contribution in [0.5, 0.6) is 0 Å². The molecule has 2 atom stereocenters. The molecule has 2 N–H and O–H groups in total. The van der Waals surface area contributed by atoms with Gasteiger partial charge in [0.25, 0.3) is 0 Å². The molecule has 21 heavy (non-hydrogen) atoms. The molecular formula is C17H23N3O. The Bertz CT molecular complexity index is 676. The fourth-order valence-electron chi connectivity index (χ4n) is 3.59. The van der Waals surface area contributed by atoms with Crippen LogP contribution >= 0.6 is 0 Å². The summed E-state index contributed by atoms with van der Waals surface area (Å²) < 4.78 is 1.84.